The van der Waals surface area contributed by atoms with E-state index >= 15 is 0 Å². The number of methoxy groups -OCH3 is 2. The summed E-state index contributed by atoms with van der Waals surface area (Å²) in [7, 11) is 2.95. The minimum absolute atomic E-state index is 0.0432. The van der Waals surface area contributed by atoms with Gasteiger partial charge in [0.05, 0.1) is 19.8 Å². The summed E-state index contributed by atoms with van der Waals surface area (Å²) >= 11 is 0. The van der Waals surface area contributed by atoms with Crippen LogP contribution < -0.4 is 10.4 Å². The number of hydrogen-bond acceptors (Lipinski definition) is 6. The van der Waals surface area contributed by atoms with Gasteiger partial charge in [0.15, 0.2) is 0 Å². The summed E-state index contributed by atoms with van der Waals surface area (Å²) in [6.07, 6.45) is 2.30. The van der Waals surface area contributed by atoms with E-state index < -0.39 is 0 Å². The first-order valence-corrected chi connectivity index (χ1v) is 9.16. The van der Waals surface area contributed by atoms with E-state index in [0.29, 0.717) is 43.7 Å². The second kappa shape index (κ2) is 8.73. The van der Waals surface area contributed by atoms with Crippen LogP contribution in [-0.4, -0.2) is 59.3 Å². The zero-order valence-corrected chi connectivity index (χ0v) is 16.0. The van der Waals surface area contributed by atoms with Gasteiger partial charge in [-0.15, -0.1) is 0 Å². The number of aromatic nitrogens is 3. The highest BCUT2D eigenvalue weighted by molar-refractivity contribution is 5.89. The first-order valence-electron chi connectivity index (χ1n) is 9.16. The van der Waals surface area contributed by atoms with Gasteiger partial charge < -0.3 is 14.4 Å². The molecule has 1 amide bonds. The number of H-pyrrole nitrogens is 2. The van der Waals surface area contributed by atoms with Crippen LogP contribution in [0.4, 0.5) is 0 Å². The molecule has 0 bridgehead atoms. The van der Waals surface area contributed by atoms with Crippen LogP contribution in [-0.2, 0) is 22.4 Å². The summed E-state index contributed by atoms with van der Waals surface area (Å²) in [5.74, 6) is 1.15. The third-order valence-electron chi connectivity index (χ3n) is 4.97. The second-order valence-corrected chi connectivity index (χ2v) is 6.84. The number of esters is 1. The van der Waals surface area contributed by atoms with Crippen molar-refractivity contribution < 1.29 is 19.1 Å². The van der Waals surface area contributed by atoms with Gasteiger partial charge in [-0.25, -0.2) is 14.7 Å². The molecule has 28 heavy (non-hydrogen) atoms. The van der Waals surface area contributed by atoms with Crippen molar-refractivity contribution in [3.8, 4) is 5.75 Å². The van der Waals surface area contributed by atoms with Crippen molar-refractivity contribution in [3.05, 3.63) is 45.6 Å². The number of hydrogen-bond donors (Lipinski definition) is 2. The average Bonchev–Trinajstić information content (AvgIpc) is 3.34. The topological polar surface area (TPSA) is 117 Å². The van der Waals surface area contributed by atoms with Crippen LogP contribution >= 0.6 is 0 Å². The highest BCUT2D eigenvalue weighted by Gasteiger charge is 2.27. The molecule has 150 valence electrons. The van der Waals surface area contributed by atoms with Gasteiger partial charge in [0.25, 0.3) is 0 Å². The highest BCUT2D eigenvalue weighted by Crippen LogP contribution is 2.28. The zero-order chi connectivity index (χ0) is 20.1. The Morgan fingerprint density at radius 2 is 2.14 bits per heavy atom. The Morgan fingerprint density at radius 1 is 1.32 bits per heavy atom. The summed E-state index contributed by atoms with van der Waals surface area (Å²) in [4.78, 5) is 39.7. The number of rotatable bonds is 7. The second-order valence-electron chi connectivity index (χ2n) is 6.84. The maximum atomic E-state index is 12.4. The molecular weight excluding hydrogens is 364 g/mol. The van der Waals surface area contributed by atoms with Gasteiger partial charge in [0.1, 0.15) is 11.6 Å². The monoisotopic (exact) mass is 388 g/mol. The lowest BCUT2D eigenvalue weighted by Crippen LogP contribution is -2.29. The molecule has 1 unspecified atom stereocenters. The molecule has 0 radical (unpaired) electrons. The quantitative estimate of drug-likeness (QED) is 0.681. The van der Waals surface area contributed by atoms with Gasteiger partial charge in [-0.2, -0.15) is 5.10 Å². The first-order chi connectivity index (χ1) is 13.5. The van der Waals surface area contributed by atoms with E-state index in [-0.39, 0.29) is 23.5 Å². The van der Waals surface area contributed by atoms with Crippen LogP contribution in [0.5, 0.6) is 5.75 Å². The average molecular weight is 388 g/mol. The van der Waals surface area contributed by atoms with Gasteiger partial charge >= 0.3 is 11.7 Å². The van der Waals surface area contributed by atoms with Crippen molar-refractivity contribution in [2.75, 3.05) is 27.3 Å². The molecule has 1 fully saturated rings. The third-order valence-corrected chi connectivity index (χ3v) is 4.97. The number of ether oxygens (including phenoxy) is 2. The molecule has 1 aromatic heterocycles. The smallest absolute Gasteiger partial charge is 0.340 e. The van der Waals surface area contributed by atoms with Gasteiger partial charge in [0.2, 0.25) is 5.91 Å². The molecule has 0 aliphatic carbocycles. The molecule has 1 aromatic carbocycles. The SMILES string of the molecule is COC(=O)c1ccc(OC)c(CC2CCN(C(=O)CCc3n[nH]c(=O)[nH]3)C2)c1. The van der Waals surface area contributed by atoms with E-state index in [9.17, 15) is 14.4 Å². The molecule has 9 nitrogen and oxygen atoms in total. The lowest BCUT2D eigenvalue weighted by molar-refractivity contribution is -0.130. The number of carbonyl (C=O) groups is 2. The summed E-state index contributed by atoms with van der Waals surface area (Å²) in [6, 6.07) is 5.24. The third kappa shape index (κ3) is 4.59. The summed E-state index contributed by atoms with van der Waals surface area (Å²) < 4.78 is 10.2. The molecule has 2 heterocycles. The standard InChI is InChI=1S/C19H24N4O5/c1-27-15-4-3-13(18(25)28-2)10-14(15)9-12-7-8-23(11-12)17(24)6-5-16-20-19(26)22-21-16/h3-4,10,12H,5-9,11H2,1-2H3,(H2,20,21,22,26). The Labute approximate surface area is 162 Å². The molecule has 2 N–H and O–H groups in total. The van der Waals surface area contributed by atoms with Gasteiger partial charge in [-0.05, 0) is 42.5 Å². The molecule has 2 aromatic rings. The number of carbonyl (C=O) groups excluding carboxylic acids is 2. The van der Waals surface area contributed by atoms with Crippen LogP contribution in [0.3, 0.4) is 0 Å². The van der Waals surface area contributed by atoms with Crippen molar-refractivity contribution in [1.82, 2.24) is 20.1 Å². The Bertz CT molecular complexity index is 904. The van der Waals surface area contributed by atoms with Crippen molar-refractivity contribution in [1.29, 1.82) is 0 Å². The predicted octanol–water partition coefficient (Wildman–Crippen LogP) is 0.917. The fourth-order valence-corrected chi connectivity index (χ4v) is 3.53. The van der Waals surface area contributed by atoms with Crippen LogP contribution in [0, 0.1) is 5.92 Å². The Kier molecular flexibility index (Phi) is 6.13. The van der Waals surface area contributed by atoms with E-state index in [0.717, 1.165) is 17.7 Å². The first kappa shape index (κ1) is 19.7. The lowest BCUT2D eigenvalue weighted by atomic mass is 9.96. The van der Waals surface area contributed by atoms with Crippen molar-refractivity contribution in [3.63, 3.8) is 0 Å². The van der Waals surface area contributed by atoms with Gasteiger partial charge in [-0.1, -0.05) is 0 Å². The highest BCUT2D eigenvalue weighted by atomic mass is 16.5. The predicted molar refractivity (Wildman–Crippen MR) is 100 cm³/mol. The minimum atomic E-state index is -0.386. The molecule has 1 aliphatic heterocycles. The number of aromatic amines is 2. The molecule has 3 rings (SSSR count). The number of nitrogens with zero attached hydrogens (tertiary/aromatic N) is 2. The summed E-state index contributed by atoms with van der Waals surface area (Å²) in [6.45, 7) is 1.35. The van der Waals surface area contributed by atoms with E-state index in [4.69, 9.17) is 9.47 Å². The molecule has 1 atom stereocenters. The molecular formula is C19H24N4O5. The Morgan fingerprint density at radius 3 is 2.82 bits per heavy atom. The van der Waals surface area contributed by atoms with Gasteiger partial charge in [-0.3, -0.25) is 9.78 Å². The molecule has 9 heteroatoms. The minimum Gasteiger partial charge on any atom is -0.496 e. The van der Waals surface area contributed by atoms with E-state index in [1.54, 1.807) is 25.3 Å². The van der Waals surface area contributed by atoms with Crippen molar-refractivity contribution in [2.45, 2.75) is 25.7 Å². The summed E-state index contributed by atoms with van der Waals surface area (Å²) in [5, 5.41) is 6.11. The number of benzene rings is 1. The fourth-order valence-electron chi connectivity index (χ4n) is 3.53. The Hall–Kier alpha value is -3.10. The number of amides is 1. The van der Waals surface area contributed by atoms with E-state index in [1.807, 2.05) is 4.90 Å². The molecule has 1 aliphatic rings. The van der Waals surface area contributed by atoms with Crippen LogP contribution in [0.15, 0.2) is 23.0 Å². The number of nitrogens with one attached hydrogen (secondary N) is 2. The molecule has 0 spiro atoms. The zero-order valence-electron chi connectivity index (χ0n) is 16.0. The van der Waals surface area contributed by atoms with Crippen molar-refractivity contribution >= 4 is 11.9 Å². The number of aryl methyl sites for hydroxylation is 1. The Balaban J connectivity index is 1.58. The normalized spacial score (nSPS) is 16.2. The largest absolute Gasteiger partial charge is 0.496 e. The van der Waals surface area contributed by atoms with Crippen molar-refractivity contribution in [2.24, 2.45) is 5.92 Å². The van der Waals surface area contributed by atoms with E-state index in [2.05, 4.69) is 15.2 Å². The maximum Gasteiger partial charge on any atom is 0.340 e. The van der Waals surface area contributed by atoms with Crippen LogP contribution in [0.2, 0.25) is 0 Å². The van der Waals surface area contributed by atoms with Gasteiger partial charge in [0, 0.05) is 25.9 Å². The molecule has 1 saturated heterocycles. The molecule has 0 saturated carbocycles. The van der Waals surface area contributed by atoms with Crippen LogP contribution in [0.25, 0.3) is 0 Å². The maximum absolute atomic E-state index is 12.4. The van der Waals surface area contributed by atoms with Crippen LogP contribution in [0.1, 0.15) is 34.6 Å². The lowest BCUT2D eigenvalue weighted by Gasteiger charge is -2.17. The van der Waals surface area contributed by atoms with E-state index in [1.165, 1.54) is 7.11 Å². The summed E-state index contributed by atoms with van der Waals surface area (Å²) in [5.41, 5.74) is 1.04. The number of likely N-dealkylation sites (tertiary alicyclic amines) is 1. The fraction of sp³-hybridized carbons (Fsp3) is 0.474.